The molecule has 0 saturated heterocycles. The monoisotopic (exact) mass is 347 g/mol. The van der Waals surface area contributed by atoms with Gasteiger partial charge >= 0.3 is 0 Å². The van der Waals surface area contributed by atoms with Crippen LogP contribution >= 0.6 is 46.4 Å². The summed E-state index contributed by atoms with van der Waals surface area (Å²) in [4.78, 5) is 0. The van der Waals surface area contributed by atoms with Gasteiger partial charge in [-0.25, -0.2) is 0 Å². The minimum Gasteiger partial charge on any atom is -0.313 e. The van der Waals surface area contributed by atoms with Gasteiger partial charge in [-0.15, -0.1) is 0 Å². The van der Waals surface area contributed by atoms with Crippen molar-refractivity contribution in [2.45, 2.75) is 13.5 Å². The first-order valence-electron chi connectivity index (χ1n) is 6.17. The standard InChI is InChI=1S/C15H13Cl4N/c1-2-20-8-9-4-3-5-10(6-9)13-14(18)11(16)7-12(17)15(13)19/h3-7,20H,2,8H2,1H3. The van der Waals surface area contributed by atoms with E-state index < -0.39 is 0 Å². The zero-order valence-electron chi connectivity index (χ0n) is 10.8. The molecular weight excluding hydrogens is 336 g/mol. The second kappa shape index (κ2) is 7.02. The van der Waals surface area contributed by atoms with Gasteiger partial charge in [0.2, 0.25) is 0 Å². The van der Waals surface area contributed by atoms with Crippen LogP contribution in [-0.4, -0.2) is 6.54 Å². The van der Waals surface area contributed by atoms with Crippen molar-refractivity contribution in [2.24, 2.45) is 0 Å². The number of hydrogen-bond acceptors (Lipinski definition) is 1. The smallest absolute Gasteiger partial charge is 0.0686 e. The summed E-state index contributed by atoms with van der Waals surface area (Å²) in [5.41, 5.74) is 2.72. The lowest BCUT2D eigenvalue weighted by Crippen LogP contribution is -2.11. The zero-order valence-corrected chi connectivity index (χ0v) is 13.8. The van der Waals surface area contributed by atoms with E-state index in [0.717, 1.165) is 24.2 Å². The lowest BCUT2D eigenvalue weighted by molar-refractivity contribution is 0.727. The normalized spacial score (nSPS) is 10.8. The highest BCUT2D eigenvalue weighted by Crippen LogP contribution is 2.43. The molecule has 5 heteroatoms. The Morgan fingerprint density at radius 2 is 1.60 bits per heavy atom. The fourth-order valence-corrected chi connectivity index (χ4v) is 2.96. The highest BCUT2D eigenvalue weighted by molar-refractivity contribution is 6.50. The van der Waals surface area contributed by atoms with E-state index in [1.165, 1.54) is 0 Å². The molecule has 0 aliphatic heterocycles. The van der Waals surface area contributed by atoms with Crippen molar-refractivity contribution >= 4 is 46.4 Å². The zero-order chi connectivity index (χ0) is 14.7. The predicted molar refractivity (Wildman–Crippen MR) is 89.3 cm³/mol. The summed E-state index contributed by atoms with van der Waals surface area (Å²) in [5, 5.41) is 4.91. The van der Waals surface area contributed by atoms with E-state index in [0.29, 0.717) is 25.7 Å². The van der Waals surface area contributed by atoms with Gasteiger partial charge in [0.1, 0.15) is 0 Å². The third-order valence-electron chi connectivity index (χ3n) is 2.91. The largest absolute Gasteiger partial charge is 0.313 e. The van der Waals surface area contributed by atoms with Crippen LogP contribution in [0.2, 0.25) is 20.1 Å². The Labute approximate surface area is 138 Å². The highest BCUT2D eigenvalue weighted by Gasteiger charge is 2.15. The highest BCUT2D eigenvalue weighted by atomic mass is 35.5. The van der Waals surface area contributed by atoms with Gasteiger partial charge in [0.25, 0.3) is 0 Å². The molecule has 20 heavy (non-hydrogen) atoms. The Hall–Kier alpha value is -0.440. The summed E-state index contributed by atoms with van der Waals surface area (Å²) in [5.74, 6) is 0. The van der Waals surface area contributed by atoms with Gasteiger partial charge in [0.15, 0.2) is 0 Å². The lowest BCUT2D eigenvalue weighted by atomic mass is 10.0. The third kappa shape index (κ3) is 3.41. The lowest BCUT2D eigenvalue weighted by Gasteiger charge is -2.12. The summed E-state index contributed by atoms with van der Waals surface area (Å²) in [6.45, 7) is 3.76. The van der Waals surface area contributed by atoms with Gasteiger partial charge in [0.05, 0.1) is 20.1 Å². The molecule has 2 aromatic rings. The first-order chi connectivity index (χ1) is 9.54. The molecular formula is C15H13Cl4N. The molecule has 0 bridgehead atoms. The molecule has 2 aromatic carbocycles. The van der Waals surface area contributed by atoms with Gasteiger partial charge in [-0.2, -0.15) is 0 Å². The maximum absolute atomic E-state index is 6.27. The van der Waals surface area contributed by atoms with Crippen LogP contribution in [0.25, 0.3) is 11.1 Å². The molecule has 0 spiro atoms. The van der Waals surface area contributed by atoms with Crippen LogP contribution in [0.4, 0.5) is 0 Å². The van der Waals surface area contributed by atoms with Crippen molar-refractivity contribution in [3.63, 3.8) is 0 Å². The van der Waals surface area contributed by atoms with Gasteiger partial charge in [-0.05, 0) is 29.8 Å². The van der Waals surface area contributed by atoms with Crippen molar-refractivity contribution in [3.8, 4) is 11.1 Å². The molecule has 0 aromatic heterocycles. The van der Waals surface area contributed by atoms with E-state index in [-0.39, 0.29) is 0 Å². The molecule has 0 aliphatic rings. The van der Waals surface area contributed by atoms with Crippen LogP contribution in [0, 0.1) is 0 Å². The first-order valence-corrected chi connectivity index (χ1v) is 7.68. The first kappa shape index (κ1) is 15.9. The number of nitrogens with one attached hydrogen (secondary N) is 1. The van der Waals surface area contributed by atoms with Crippen LogP contribution in [0.5, 0.6) is 0 Å². The average Bonchev–Trinajstić information content (AvgIpc) is 2.44. The van der Waals surface area contributed by atoms with Crippen molar-refractivity contribution in [2.75, 3.05) is 6.54 Å². The van der Waals surface area contributed by atoms with Crippen molar-refractivity contribution in [1.82, 2.24) is 5.32 Å². The second-order valence-electron chi connectivity index (χ2n) is 4.32. The van der Waals surface area contributed by atoms with Crippen LogP contribution in [0.15, 0.2) is 30.3 Å². The fourth-order valence-electron chi connectivity index (χ4n) is 1.93. The third-order valence-corrected chi connectivity index (χ3v) is 4.48. The van der Waals surface area contributed by atoms with E-state index in [9.17, 15) is 0 Å². The summed E-state index contributed by atoms with van der Waals surface area (Å²) in [6, 6.07) is 9.53. The Morgan fingerprint density at radius 3 is 2.20 bits per heavy atom. The van der Waals surface area contributed by atoms with E-state index >= 15 is 0 Å². The Kier molecular flexibility index (Phi) is 5.59. The molecule has 0 atom stereocenters. The summed E-state index contributed by atoms with van der Waals surface area (Å²) in [6.07, 6.45) is 0. The van der Waals surface area contributed by atoms with Crippen molar-refractivity contribution < 1.29 is 0 Å². The molecule has 1 N–H and O–H groups in total. The van der Waals surface area contributed by atoms with E-state index in [1.807, 2.05) is 24.3 Å². The van der Waals surface area contributed by atoms with Crippen molar-refractivity contribution in [1.29, 1.82) is 0 Å². The Balaban J connectivity index is 2.51. The molecule has 0 amide bonds. The topological polar surface area (TPSA) is 12.0 Å². The molecule has 0 aliphatic carbocycles. The summed E-state index contributed by atoms with van der Waals surface area (Å²) in [7, 11) is 0. The minimum atomic E-state index is 0.396. The molecule has 0 saturated carbocycles. The molecule has 1 nitrogen and oxygen atoms in total. The molecule has 0 fully saturated rings. The van der Waals surface area contributed by atoms with Gasteiger partial charge in [0, 0.05) is 12.1 Å². The number of rotatable bonds is 4. The molecule has 0 unspecified atom stereocenters. The molecule has 0 radical (unpaired) electrons. The van der Waals surface area contributed by atoms with Crippen LogP contribution < -0.4 is 5.32 Å². The number of benzene rings is 2. The second-order valence-corrected chi connectivity index (χ2v) is 5.89. The number of hydrogen-bond donors (Lipinski definition) is 1. The average molecular weight is 349 g/mol. The van der Waals surface area contributed by atoms with Gasteiger partial charge in [-0.3, -0.25) is 0 Å². The molecule has 2 rings (SSSR count). The Bertz CT molecular complexity index is 599. The maximum atomic E-state index is 6.27. The van der Waals surface area contributed by atoms with E-state index in [2.05, 4.69) is 12.2 Å². The van der Waals surface area contributed by atoms with Crippen molar-refractivity contribution in [3.05, 3.63) is 56.0 Å². The van der Waals surface area contributed by atoms with Crippen LogP contribution in [0.3, 0.4) is 0 Å². The Morgan fingerprint density at radius 1 is 0.950 bits per heavy atom. The predicted octanol–water partition coefficient (Wildman–Crippen LogP) is 6.08. The fraction of sp³-hybridized carbons (Fsp3) is 0.200. The minimum absolute atomic E-state index is 0.396. The van der Waals surface area contributed by atoms with Crippen LogP contribution in [-0.2, 0) is 6.54 Å². The quantitative estimate of drug-likeness (QED) is 0.660. The molecule has 106 valence electrons. The van der Waals surface area contributed by atoms with E-state index in [4.69, 9.17) is 46.4 Å². The van der Waals surface area contributed by atoms with Crippen LogP contribution in [0.1, 0.15) is 12.5 Å². The molecule has 0 heterocycles. The SMILES string of the molecule is CCNCc1cccc(-c2c(Cl)c(Cl)cc(Cl)c2Cl)c1. The number of halogens is 4. The summed E-state index contributed by atoms with van der Waals surface area (Å²) >= 11 is 24.7. The van der Waals surface area contributed by atoms with Gasteiger partial charge < -0.3 is 5.32 Å². The van der Waals surface area contributed by atoms with E-state index in [1.54, 1.807) is 6.07 Å². The van der Waals surface area contributed by atoms with Gasteiger partial charge in [-0.1, -0.05) is 71.5 Å². The maximum Gasteiger partial charge on any atom is 0.0686 e. The summed E-state index contributed by atoms with van der Waals surface area (Å²) < 4.78 is 0.